The number of methoxy groups -OCH3 is 1. The van der Waals surface area contributed by atoms with Crippen molar-refractivity contribution in [2.75, 3.05) is 12.4 Å². The summed E-state index contributed by atoms with van der Waals surface area (Å²) in [6, 6.07) is 13.5. The van der Waals surface area contributed by atoms with E-state index in [4.69, 9.17) is 4.74 Å². The lowest BCUT2D eigenvalue weighted by Gasteiger charge is -2.12. The maximum Gasteiger partial charge on any atom is 0.292 e. The van der Waals surface area contributed by atoms with Gasteiger partial charge in [-0.3, -0.25) is 14.9 Å². The Morgan fingerprint density at radius 1 is 1.21 bits per heavy atom. The third-order valence-electron chi connectivity index (χ3n) is 4.19. The molecule has 0 saturated heterocycles. The van der Waals surface area contributed by atoms with Crippen LogP contribution in [0.3, 0.4) is 0 Å². The Hall–Kier alpha value is -3.40. The normalized spacial score (nSPS) is 11.7. The first kappa shape index (κ1) is 20.3. The topological polar surface area (TPSA) is 112 Å². The Morgan fingerprint density at radius 2 is 1.90 bits per heavy atom. The molecule has 1 atom stereocenters. The van der Waals surface area contributed by atoms with Crippen LogP contribution in [-0.2, 0) is 11.8 Å². The number of nitro benzene ring substituents is 1. The molecule has 10 heteroatoms. The molecule has 0 aliphatic rings. The van der Waals surface area contributed by atoms with E-state index in [9.17, 15) is 14.9 Å². The molecule has 0 unspecified atom stereocenters. The van der Waals surface area contributed by atoms with Gasteiger partial charge >= 0.3 is 0 Å². The largest absolute Gasteiger partial charge is 0.496 e. The van der Waals surface area contributed by atoms with E-state index in [0.717, 1.165) is 5.56 Å². The van der Waals surface area contributed by atoms with Gasteiger partial charge in [0, 0.05) is 13.1 Å². The maximum atomic E-state index is 12.5. The highest BCUT2D eigenvalue weighted by Crippen LogP contribution is 2.31. The van der Waals surface area contributed by atoms with Gasteiger partial charge in [-0.25, -0.2) is 0 Å². The number of nitrogens with one attached hydrogen (secondary N) is 1. The lowest BCUT2D eigenvalue weighted by molar-refractivity contribution is -0.383. The summed E-state index contributed by atoms with van der Waals surface area (Å²) >= 11 is 1.21. The van der Waals surface area contributed by atoms with E-state index in [1.54, 1.807) is 37.8 Å². The third kappa shape index (κ3) is 4.37. The van der Waals surface area contributed by atoms with Crippen molar-refractivity contribution >= 4 is 29.0 Å². The molecule has 1 heterocycles. The molecule has 1 aromatic heterocycles. The number of carbonyl (C=O) groups is 1. The quantitative estimate of drug-likeness (QED) is 0.358. The fourth-order valence-corrected chi connectivity index (χ4v) is 3.48. The fraction of sp³-hybridized carbons (Fsp3) is 0.211. The smallest absolute Gasteiger partial charge is 0.292 e. The van der Waals surface area contributed by atoms with Crippen molar-refractivity contribution in [1.82, 2.24) is 14.8 Å². The van der Waals surface area contributed by atoms with Gasteiger partial charge in [0.1, 0.15) is 11.4 Å². The molecule has 0 aliphatic carbocycles. The number of aromatic nitrogens is 3. The van der Waals surface area contributed by atoms with Crippen molar-refractivity contribution < 1.29 is 14.5 Å². The number of para-hydroxylation sites is 3. The highest BCUT2D eigenvalue weighted by molar-refractivity contribution is 8.00. The van der Waals surface area contributed by atoms with E-state index in [1.165, 1.54) is 23.9 Å². The summed E-state index contributed by atoms with van der Waals surface area (Å²) in [6.07, 6.45) is 0. The van der Waals surface area contributed by atoms with Crippen molar-refractivity contribution in [1.29, 1.82) is 0 Å². The standard InChI is InChI=1S/C19H19N5O4S/c1-12(18(25)20-14-9-5-6-10-15(14)24(26)27)29-19-22-21-17(23(19)2)13-8-4-7-11-16(13)28-3/h4-12H,1-3H3,(H,20,25)/t12-/m1/s1. The average Bonchev–Trinajstić information content (AvgIpc) is 3.08. The van der Waals surface area contributed by atoms with Crippen molar-refractivity contribution in [3.05, 3.63) is 58.6 Å². The lowest BCUT2D eigenvalue weighted by atomic mass is 10.2. The number of rotatable bonds is 7. The minimum Gasteiger partial charge on any atom is -0.496 e. The monoisotopic (exact) mass is 413 g/mol. The Labute approximate surface area is 171 Å². The second-order valence-electron chi connectivity index (χ2n) is 6.09. The highest BCUT2D eigenvalue weighted by atomic mass is 32.2. The van der Waals surface area contributed by atoms with Gasteiger partial charge in [0.15, 0.2) is 11.0 Å². The zero-order chi connectivity index (χ0) is 21.0. The molecular weight excluding hydrogens is 394 g/mol. The van der Waals surface area contributed by atoms with E-state index in [-0.39, 0.29) is 17.3 Å². The number of carbonyl (C=O) groups excluding carboxylic acids is 1. The Bertz CT molecular complexity index is 1050. The van der Waals surface area contributed by atoms with Crippen LogP contribution in [0.2, 0.25) is 0 Å². The van der Waals surface area contributed by atoms with Crippen molar-refractivity contribution in [3.8, 4) is 17.1 Å². The van der Waals surface area contributed by atoms with E-state index >= 15 is 0 Å². The van der Waals surface area contributed by atoms with Gasteiger partial charge in [-0.05, 0) is 25.1 Å². The molecule has 3 aromatic rings. The molecule has 0 bridgehead atoms. The summed E-state index contributed by atoms with van der Waals surface area (Å²) in [5.74, 6) is 0.907. The summed E-state index contributed by atoms with van der Waals surface area (Å²) in [5.41, 5.74) is 0.784. The van der Waals surface area contributed by atoms with Crippen LogP contribution in [0, 0.1) is 10.1 Å². The van der Waals surface area contributed by atoms with Crippen LogP contribution >= 0.6 is 11.8 Å². The Kier molecular flexibility index (Phi) is 6.13. The second-order valence-corrected chi connectivity index (χ2v) is 7.40. The molecule has 0 radical (unpaired) electrons. The molecule has 1 N–H and O–H groups in total. The van der Waals surface area contributed by atoms with E-state index in [1.807, 2.05) is 24.3 Å². The number of nitro groups is 1. The number of amides is 1. The summed E-state index contributed by atoms with van der Waals surface area (Å²) in [7, 11) is 3.39. The van der Waals surface area contributed by atoms with Crippen LogP contribution in [-0.4, -0.2) is 38.0 Å². The molecule has 2 aromatic carbocycles. The SMILES string of the molecule is COc1ccccc1-c1nnc(S[C@H](C)C(=O)Nc2ccccc2[N+](=O)[O-])n1C. The molecule has 0 saturated carbocycles. The van der Waals surface area contributed by atoms with Crippen molar-refractivity contribution in [2.45, 2.75) is 17.3 Å². The molecule has 3 rings (SSSR count). The second kappa shape index (κ2) is 8.74. The number of ether oxygens (including phenoxy) is 1. The summed E-state index contributed by atoms with van der Waals surface area (Å²) in [4.78, 5) is 23.1. The third-order valence-corrected chi connectivity index (χ3v) is 5.33. The van der Waals surface area contributed by atoms with Gasteiger partial charge in [-0.2, -0.15) is 0 Å². The van der Waals surface area contributed by atoms with Gasteiger partial charge in [-0.1, -0.05) is 36.0 Å². The molecule has 0 aliphatic heterocycles. The summed E-state index contributed by atoms with van der Waals surface area (Å²) in [6.45, 7) is 1.70. The van der Waals surface area contributed by atoms with Gasteiger partial charge in [0.25, 0.3) is 5.69 Å². The van der Waals surface area contributed by atoms with Crippen molar-refractivity contribution in [3.63, 3.8) is 0 Å². The number of anilines is 1. The average molecular weight is 413 g/mol. The number of benzene rings is 2. The molecule has 0 spiro atoms. The van der Waals surface area contributed by atoms with Gasteiger partial charge in [0.05, 0.1) is 22.8 Å². The van der Waals surface area contributed by atoms with E-state index < -0.39 is 10.2 Å². The highest BCUT2D eigenvalue weighted by Gasteiger charge is 2.22. The Balaban J connectivity index is 1.76. The number of nitrogens with zero attached hydrogens (tertiary/aromatic N) is 4. The first-order valence-corrected chi connectivity index (χ1v) is 9.54. The maximum absolute atomic E-state index is 12.5. The van der Waals surface area contributed by atoms with Crippen LogP contribution in [0.25, 0.3) is 11.4 Å². The Morgan fingerprint density at radius 3 is 2.62 bits per heavy atom. The molecular formula is C19H19N5O4S. The predicted molar refractivity (Wildman–Crippen MR) is 110 cm³/mol. The molecule has 29 heavy (non-hydrogen) atoms. The van der Waals surface area contributed by atoms with Gasteiger partial charge in [-0.15, -0.1) is 10.2 Å². The van der Waals surface area contributed by atoms with Crippen molar-refractivity contribution in [2.24, 2.45) is 7.05 Å². The first-order chi connectivity index (χ1) is 13.9. The van der Waals surface area contributed by atoms with Gasteiger partial charge in [0.2, 0.25) is 5.91 Å². The lowest BCUT2D eigenvalue weighted by Crippen LogP contribution is -2.23. The number of thioether (sulfide) groups is 1. The minimum atomic E-state index is -0.553. The van der Waals surface area contributed by atoms with E-state index in [0.29, 0.717) is 16.7 Å². The molecule has 1 amide bonds. The van der Waals surface area contributed by atoms with Crippen LogP contribution in [0.4, 0.5) is 11.4 Å². The van der Waals surface area contributed by atoms with E-state index in [2.05, 4.69) is 15.5 Å². The molecule has 9 nitrogen and oxygen atoms in total. The minimum absolute atomic E-state index is 0.155. The van der Waals surface area contributed by atoms with Crippen LogP contribution < -0.4 is 10.1 Å². The predicted octanol–water partition coefficient (Wildman–Crippen LogP) is 3.52. The number of hydrogen-bond donors (Lipinski definition) is 1. The van der Waals surface area contributed by atoms with Crippen LogP contribution in [0.15, 0.2) is 53.7 Å². The molecule has 0 fully saturated rings. The number of hydrogen-bond acceptors (Lipinski definition) is 7. The first-order valence-electron chi connectivity index (χ1n) is 8.66. The zero-order valence-electron chi connectivity index (χ0n) is 16.0. The molecule has 150 valence electrons. The fourth-order valence-electron chi connectivity index (χ4n) is 2.67. The zero-order valence-corrected chi connectivity index (χ0v) is 16.8. The van der Waals surface area contributed by atoms with Crippen LogP contribution in [0.1, 0.15) is 6.92 Å². The van der Waals surface area contributed by atoms with Crippen LogP contribution in [0.5, 0.6) is 5.75 Å². The summed E-state index contributed by atoms with van der Waals surface area (Å²) < 4.78 is 7.15. The van der Waals surface area contributed by atoms with Gasteiger partial charge < -0.3 is 14.6 Å². The summed E-state index contributed by atoms with van der Waals surface area (Å²) in [5, 5.41) is 22.1.